The number of aryl methyl sites for hydroxylation is 2. The van der Waals surface area contributed by atoms with Gasteiger partial charge in [0.2, 0.25) is 11.8 Å². The minimum Gasteiger partial charge on any atom is -0.335 e. The molecule has 0 N–H and O–H groups in total. The van der Waals surface area contributed by atoms with E-state index >= 15 is 0 Å². The van der Waals surface area contributed by atoms with Crippen LogP contribution in [0.1, 0.15) is 42.4 Å². The minimum absolute atomic E-state index is 0.0798. The summed E-state index contributed by atoms with van der Waals surface area (Å²) in [5.41, 5.74) is 4.04. The lowest BCUT2D eigenvalue weighted by molar-refractivity contribution is -0.147. The van der Waals surface area contributed by atoms with Crippen LogP contribution in [0.3, 0.4) is 0 Å². The molecule has 2 amide bonds. The van der Waals surface area contributed by atoms with Gasteiger partial charge in [0.15, 0.2) is 0 Å². The predicted molar refractivity (Wildman–Crippen MR) is 92.3 cm³/mol. The van der Waals surface area contributed by atoms with Gasteiger partial charge in [0.25, 0.3) is 0 Å². The van der Waals surface area contributed by atoms with E-state index < -0.39 is 0 Å². The maximum atomic E-state index is 12.6. The number of carbonyl (C=O) groups is 2. The van der Waals surface area contributed by atoms with Crippen molar-refractivity contribution in [3.8, 4) is 0 Å². The van der Waals surface area contributed by atoms with Crippen molar-refractivity contribution in [2.75, 3.05) is 19.6 Å². The zero-order valence-corrected chi connectivity index (χ0v) is 14.7. The molecule has 0 unspecified atom stereocenters. The molecule has 0 aromatic heterocycles. The number of hydrogen-bond acceptors (Lipinski definition) is 2. The summed E-state index contributed by atoms with van der Waals surface area (Å²) in [6.07, 6.45) is 4.75. The lowest BCUT2D eigenvalue weighted by Gasteiger charge is -2.35. The van der Waals surface area contributed by atoms with Crippen molar-refractivity contribution in [1.29, 1.82) is 0 Å². The summed E-state index contributed by atoms with van der Waals surface area (Å²) < 4.78 is 0. The SMILES string of the molecule is Cc1ccc(CN2CCN(C(=O)[C@@H]3CC34CCC4)CC2=O)cc1C. The number of piperazine rings is 1. The Morgan fingerprint density at radius 2 is 2.00 bits per heavy atom. The first-order chi connectivity index (χ1) is 11.5. The normalized spacial score (nSPS) is 24.9. The molecule has 4 heteroatoms. The highest BCUT2D eigenvalue weighted by atomic mass is 16.2. The molecule has 0 bridgehead atoms. The largest absolute Gasteiger partial charge is 0.335 e. The van der Waals surface area contributed by atoms with Crippen molar-refractivity contribution in [1.82, 2.24) is 9.80 Å². The van der Waals surface area contributed by atoms with Crippen LogP contribution in [0.2, 0.25) is 0 Å². The lowest BCUT2D eigenvalue weighted by atomic mass is 9.79. The monoisotopic (exact) mass is 326 g/mol. The molecule has 0 radical (unpaired) electrons. The second kappa shape index (κ2) is 5.61. The standard InChI is InChI=1S/C20H26N2O2/c1-14-4-5-16(10-15(14)2)12-21-8-9-22(13-18(21)23)19(24)17-11-20(17)6-3-7-20/h4-5,10,17H,3,6-9,11-13H2,1-2H3/t17-/m0/s1. The van der Waals surface area contributed by atoms with Crippen LogP contribution in [0.15, 0.2) is 18.2 Å². The van der Waals surface area contributed by atoms with Gasteiger partial charge in [-0.15, -0.1) is 0 Å². The first-order valence-corrected chi connectivity index (χ1v) is 9.11. The Morgan fingerprint density at radius 1 is 1.21 bits per heavy atom. The van der Waals surface area contributed by atoms with Gasteiger partial charge in [-0.05, 0) is 55.2 Å². The van der Waals surface area contributed by atoms with Crippen LogP contribution in [0.5, 0.6) is 0 Å². The zero-order valence-electron chi connectivity index (χ0n) is 14.7. The number of rotatable bonds is 3. The summed E-state index contributed by atoms with van der Waals surface area (Å²) in [5.74, 6) is 0.523. The second-order valence-corrected chi connectivity index (χ2v) is 7.97. The van der Waals surface area contributed by atoms with Gasteiger partial charge < -0.3 is 9.80 Å². The van der Waals surface area contributed by atoms with Gasteiger partial charge in [-0.3, -0.25) is 9.59 Å². The van der Waals surface area contributed by atoms with Gasteiger partial charge in [0.1, 0.15) is 0 Å². The van der Waals surface area contributed by atoms with E-state index in [-0.39, 0.29) is 24.3 Å². The van der Waals surface area contributed by atoms with Crippen LogP contribution >= 0.6 is 0 Å². The van der Waals surface area contributed by atoms with Crippen LogP contribution in [0.25, 0.3) is 0 Å². The van der Waals surface area contributed by atoms with Crippen molar-refractivity contribution in [2.45, 2.75) is 46.1 Å². The number of carbonyl (C=O) groups excluding carboxylic acids is 2. The molecule has 4 nitrogen and oxygen atoms in total. The van der Waals surface area contributed by atoms with E-state index in [0.717, 1.165) is 6.42 Å². The van der Waals surface area contributed by atoms with Crippen molar-refractivity contribution in [2.24, 2.45) is 11.3 Å². The van der Waals surface area contributed by atoms with E-state index in [1.807, 2.05) is 4.90 Å². The summed E-state index contributed by atoms with van der Waals surface area (Å²) >= 11 is 0. The quantitative estimate of drug-likeness (QED) is 0.857. The molecule has 1 aromatic carbocycles. The molecule has 3 fully saturated rings. The third-order valence-corrected chi connectivity index (χ3v) is 6.41. The van der Waals surface area contributed by atoms with Crippen LogP contribution in [-0.4, -0.2) is 41.2 Å². The van der Waals surface area contributed by atoms with E-state index in [4.69, 9.17) is 0 Å². The first-order valence-electron chi connectivity index (χ1n) is 9.11. The maximum absolute atomic E-state index is 12.6. The highest BCUT2D eigenvalue weighted by Crippen LogP contribution is 2.65. The Kier molecular flexibility index (Phi) is 3.66. The predicted octanol–water partition coefficient (Wildman–Crippen LogP) is 2.66. The smallest absolute Gasteiger partial charge is 0.242 e. The van der Waals surface area contributed by atoms with Crippen molar-refractivity contribution < 1.29 is 9.59 Å². The molecule has 4 rings (SSSR count). The molecule has 128 valence electrons. The lowest BCUT2D eigenvalue weighted by Crippen LogP contribution is -2.52. The molecule has 3 aliphatic rings. The molecule has 24 heavy (non-hydrogen) atoms. The molecule has 1 saturated heterocycles. The minimum atomic E-state index is 0.0798. The summed E-state index contributed by atoms with van der Waals surface area (Å²) in [7, 11) is 0. The number of hydrogen-bond donors (Lipinski definition) is 0. The van der Waals surface area contributed by atoms with Gasteiger partial charge >= 0.3 is 0 Å². The maximum Gasteiger partial charge on any atom is 0.242 e. The van der Waals surface area contributed by atoms with Gasteiger partial charge in [-0.25, -0.2) is 0 Å². The molecule has 2 saturated carbocycles. The Hall–Kier alpha value is -1.84. The van der Waals surface area contributed by atoms with Crippen molar-refractivity contribution in [3.05, 3.63) is 34.9 Å². The second-order valence-electron chi connectivity index (χ2n) is 7.97. The molecule has 1 aromatic rings. The fourth-order valence-corrected chi connectivity index (χ4v) is 4.29. The van der Waals surface area contributed by atoms with Crippen LogP contribution < -0.4 is 0 Å². The third-order valence-electron chi connectivity index (χ3n) is 6.41. The van der Waals surface area contributed by atoms with E-state index in [2.05, 4.69) is 32.0 Å². The Morgan fingerprint density at radius 3 is 2.58 bits per heavy atom. The first kappa shape index (κ1) is 15.7. The number of nitrogens with zero attached hydrogens (tertiary/aromatic N) is 2. The Bertz CT molecular complexity index is 693. The fourth-order valence-electron chi connectivity index (χ4n) is 4.29. The summed E-state index contributed by atoms with van der Waals surface area (Å²) in [6, 6.07) is 6.36. The molecular weight excluding hydrogens is 300 g/mol. The average Bonchev–Trinajstić information content (AvgIpc) is 3.28. The highest BCUT2D eigenvalue weighted by Gasteiger charge is 2.61. The molecule has 1 aliphatic heterocycles. The van der Waals surface area contributed by atoms with E-state index in [0.29, 0.717) is 25.0 Å². The molecule has 1 heterocycles. The highest BCUT2D eigenvalue weighted by molar-refractivity contribution is 5.89. The van der Waals surface area contributed by atoms with Crippen LogP contribution in [0.4, 0.5) is 0 Å². The zero-order chi connectivity index (χ0) is 16.9. The number of amides is 2. The van der Waals surface area contributed by atoms with E-state index in [1.54, 1.807) is 4.90 Å². The van der Waals surface area contributed by atoms with Gasteiger partial charge in [0.05, 0.1) is 6.54 Å². The van der Waals surface area contributed by atoms with Crippen LogP contribution in [0, 0.1) is 25.2 Å². The molecule has 1 atom stereocenters. The van der Waals surface area contributed by atoms with Gasteiger partial charge in [-0.1, -0.05) is 24.6 Å². The average molecular weight is 326 g/mol. The summed E-state index contributed by atoms with van der Waals surface area (Å²) in [5, 5.41) is 0. The topological polar surface area (TPSA) is 40.6 Å². The van der Waals surface area contributed by atoms with Gasteiger partial charge in [0, 0.05) is 25.6 Å². The summed E-state index contributed by atoms with van der Waals surface area (Å²) in [4.78, 5) is 28.8. The molecular formula is C20H26N2O2. The van der Waals surface area contributed by atoms with Crippen molar-refractivity contribution >= 4 is 11.8 Å². The number of benzene rings is 1. The van der Waals surface area contributed by atoms with Crippen LogP contribution in [-0.2, 0) is 16.1 Å². The Labute approximate surface area is 143 Å². The fraction of sp³-hybridized carbons (Fsp3) is 0.600. The third kappa shape index (κ3) is 2.62. The Balaban J connectivity index is 1.35. The van der Waals surface area contributed by atoms with E-state index in [9.17, 15) is 9.59 Å². The van der Waals surface area contributed by atoms with Gasteiger partial charge in [-0.2, -0.15) is 0 Å². The molecule has 1 spiro atoms. The summed E-state index contributed by atoms with van der Waals surface area (Å²) in [6.45, 7) is 6.44. The van der Waals surface area contributed by atoms with Crippen molar-refractivity contribution in [3.63, 3.8) is 0 Å². The molecule has 2 aliphatic carbocycles. The van der Waals surface area contributed by atoms with E-state index in [1.165, 1.54) is 36.0 Å².